The number of aromatic nitrogens is 1. The summed E-state index contributed by atoms with van der Waals surface area (Å²) in [6.07, 6.45) is 4.01. The highest BCUT2D eigenvalue weighted by atomic mass is 16.5. The molecule has 1 aliphatic heterocycles. The summed E-state index contributed by atoms with van der Waals surface area (Å²) in [7, 11) is 3.29. The SMILES string of the molecule is COc1c2c(nc3c(OC)cccc13)OC(C)(C)C=C2. The van der Waals surface area contributed by atoms with E-state index in [1.165, 1.54) is 0 Å². The van der Waals surface area contributed by atoms with Crippen LogP contribution in [0.3, 0.4) is 0 Å². The number of ether oxygens (including phenoxy) is 3. The molecule has 0 unspecified atom stereocenters. The molecule has 0 bridgehead atoms. The smallest absolute Gasteiger partial charge is 0.226 e. The van der Waals surface area contributed by atoms with Gasteiger partial charge in [-0.1, -0.05) is 6.07 Å². The molecule has 3 rings (SSSR count). The second-order valence-electron chi connectivity index (χ2n) is 5.26. The van der Waals surface area contributed by atoms with Gasteiger partial charge in [0.1, 0.15) is 22.6 Å². The molecule has 0 N–H and O–H groups in total. The number of pyridine rings is 1. The number of hydrogen-bond acceptors (Lipinski definition) is 4. The third-order valence-corrected chi connectivity index (χ3v) is 3.37. The van der Waals surface area contributed by atoms with E-state index in [1.807, 2.05) is 44.2 Å². The Kier molecular flexibility index (Phi) is 2.82. The lowest BCUT2D eigenvalue weighted by atomic mass is 10.0. The molecule has 104 valence electrons. The third kappa shape index (κ3) is 1.88. The van der Waals surface area contributed by atoms with E-state index < -0.39 is 0 Å². The highest BCUT2D eigenvalue weighted by Gasteiger charge is 2.27. The summed E-state index contributed by atoms with van der Waals surface area (Å²) in [4.78, 5) is 4.61. The Balaban J connectivity index is 2.35. The van der Waals surface area contributed by atoms with Crippen molar-refractivity contribution < 1.29 is 14.2 Å². The quantitative estimate of drug-likeness (QED) is 0.839. The summed E-state index contributed by atoms with van der Waals surface area (Å²) in [5, 5.41) is 0.915. The van der Waals surface area contributed by atoms with E-state index in [2.05, 4.69) is 4.98 Å². The zero-order valence-corrected chi connectivity index (χ0v) is 12.1. The molecule has 4 heteroatoms. The topological polar surface area (TPSA) is 40.6 Å². The van der Waals surface area contributed by atoms with E-state index >= 15 is 0 Å². The van der Waals surface area contributed by atoms with Crippen LogP contribution in [-0.2, 0) is 0 Å². The van der Waals surface area contributed by atoms with Gasteiger partial charge in [-0.3, -0.25) is 0 Å². The molecule has 0 atom stereocenters. The summed E-state index contributed by atoms with van der Waals surface area (Å²) in [6.45, 7) is 3.99. The van der Waals surface area contributed by atoms with Crippen LogP contribution in [0, 0.1) is 0 Å². The molecular formula is C16H17NO3. The summed E-state index contributed by atoms with van der Waals surface area (Å²) in [5.74, 6) is 2.04. The van der Waals surface area contributed by atoms with Gasteiger partial charge in [-0.2, -0.15) is 0 Å². The van der Waals surface area contributed by atoms with Crippen LogP contribution in [0.15, 0.2) is 24.3 Å². The van der Waals surface area contributed by atoms with Crippen molar-refractivity contribution in [2.75, 3.05) is 14.2 Å². The first-order chi connectivity index (χ1) is 9.55. The predicted molar refractivity (Wildman–Crippen MR) is 78.6 cm³/mol. The van der Waals surface area contributed by atoms with Gasteiger partial charge in [0, 0.05) is 5.39 Å². The van der Waals surface area contributed by atoms with Crippen LogP contribution >= 0.6 is 0 Å². The lowest BCUT2D eigenvalue weighted by molar-refractivity contribution is 0.151. The standard InChI is InChI=1S/C16H17NO3/c1-16(2)9-8-11-14(19-4)10-6-5-7-12(18-3)13(10)17-15(11)20-16/h5-9H,1-4H3. The maximum absolute atomic E-state index is 5.94. The Hall–Kier alpha value is -2.23. The van der Waals surface area contributed by atoms with Gasteiger partial charge in [0.2, 0.25) is 5.88 Å². The monoisotopic (exact) mass is 271 g/mol. The molecule has 4 nitrogen and oxygen atoms in total. The van der Waals surface area contributed by atoms with E-state index in [9.17, 15) is 0 Å². The molecule has 0 fully saturated rings. The molecule has 1 aromatic heterocycles. The normalized spacial score (nSPS) is 15.6. The fourth-order valence-corrected chi connectivity index (χ4v) is 2.40. The molecule has 20 heavy (non-hydrogen) atoms. The van der Waals surface area contributed by atoms with Crippen LogP contribution in [0.4, 0.5) is 0 Å². The Morgan fingerprint density at radius 3 is 2.65 bits per heavy atom. The number of nitrogens with zero attached hydrogens (tertiary/aromatic N) is 1. The average Bonchev–Trinajstić information content (AvgIpc) is 2.43. The lowest BCUT2D eigenvalue weighted by Gasteiger charge is -2.28. The van der Waals surface area contributed by atoms with Gasteiger partial charge >= 0.3 is 0 Å². The van der Waals surface area contributed by atoms with E-state index in [-0.39, 0.29) is 5.60 Å². The third-order valence-electron chi connectivity index (χ3n) is 3.37. The average molecular weight is 271 g/mol. The minimum atomic E-state index is -0.374. The first kappa shape index (κ1) is 12.8. The highest BCUT2D eigenvalue weighted by molar-refractivity contribution is 5.94. The number of methoxy groups -OCH3 is 2. The van der Waals surface area contributed by atoms with Crippen molar-refractivity contribution in [2.24, 2.45) is 0 Å². The number of para-hydroxylation sites is 1. The number of hydrogen-bond donors (Lipinski definition) is 0. The molecule has 0 saturated carbocycles. The zero-order valence-electron chi connectivity index (χ0n) is 12.1. The molecule has 0 amide bonds. The summed E-state index contributed by atoms with van der Waals surface area (Å²) in [5.41, 5.74) is 1.24. The van der Waals surface area contributed by atoms with Crippen LogP contribution in [-0.4, -0.2) is 24.8 Å². The van der Waals surface area contributed by atoms with Gasteiger partial charge in [0.15, 0.2) is 0 Å². The van der Waals surface area contributed by atoms with E-state index in [4.69, 9.17) is 14.2 Å². The lowest BCUT2D eigenvalue weighted by Crippen LogP contribution is -2.28. The maximum atomic E-state index is 5.94. The number of rotatable bonds is 2. The van der Waals surface area contributed by atoms with Gasteiger partial charge in [-0.15, -0.1) is 0 Å². The van der Waals surface area contributed by atoms with Gasteiger partial charge in [0.25, 0.3) is 0 Å². The van der Waals surface area contributed by atoms with Crippen LogP contribution < -0.4 is 14.2 Å². The fourth-order valence-electron chi connectivity index (χ4n) is 2.40. The van der Waals surface area contributed by atoms with Gasteiger partial charge < -0.3 is 14.2 Å². The minimum absolute atomic E-state index is 0.374. The molecular weight excluding hydrogens is 254 g/mol. The van der Waals surface area contributed by atoms with Crippen molar-refractivity contribution in [1.82, 2.24) is 4.98 Å². The maximum Gasteiger partial charge on any atom is 0.226 e. The van der Waals surface area contributed by atoms with Crippen molar-refractivity contribution in [3.63, 3.8) is 0 Å². The van der Waals surface area contributed by atoms with Gasteiger partial charge in [-0.05, 0) is 38.1 Å². The number of benzene rings is 1. The highest BCUT2D eigenvalue weighted by Crippen LogP contribution is 2.41. The Labute approximate surface area is 118 Å². The molecule has 1 aliphatic rings. The molecule has 0 spiro atoms. The van der Waals surface area contributed by atoms with Crippen molar-refractivity contribution in [3.8, 4) is 17.4 Å². The fraction of sp³-hybridized carbons (Fsp3) is 0.312. The van der Waals surface area contributed by atoms with Crippen molar-refractivity contribution in [2.45, 2.75) is 19.4 Å². The largest absolute Gasteiger partial charge is 0.495 e. The second-order valence-corrected chi connectivity index (χ2v) is 5.26. The van der Waals surface area contributed by atoms with Crippen LogP contribution in [0.25, 0.3) is 17.0 Å². The van der Waals surface area contributed by atoms with E-state index in [0.717, 1.165) is 22.2 Å². The Morgan fingerprint density at radius 2 is 1.95 bits per heavy atom. The molecule has 1 aromatic carbocycles. The summed E-state index contributed by atoms with van der Waals surface area (Å²) < 4.78 is 16.9. The molecule has 0 radical (unpaired) electrons. The minimum Gasteiger partial charge on any atom is -0.495 e. The summed E-state index contributed by atoms with van der Waals surface area (Å²) >= 11 is 0. The molecule has 0 aliphatic carbocycles. The van der Waals surface area contributed by atoms with Crippen LogP contribution in [0.1, 0.15) is 19.4 Å². The van der Waals surface area contributed by atoms with Crippen LogP contribution in [0.5, 0.6) is 17.4 Å². The summed E-state index contributed by atoms with van der Waals surface area (Å²) in [6, 6.07) is 5.78. The first-order valence-electron chi connectivity index (χ1n) is 6.48. The van der Waals surface area contributed by atoms with E-state index in [0.29, 0.717) is 11.6 Å². The first-order valence-corrected chi connectivity index (χ1v) is 6.48. The predicted octanol–water partition coefficient (Wildman–Crippen LogP) is 3.44. The Morgan fingerprint density at radius 1 is 1.15 bits per heavy atom. The number of fused-ring (bicyclic) bond motifs is 2. The molecule has 2 heterocycles. The van der Waals surface area contributed by atoms with Crippen molar-refractivity contribution in [3.05, 3.63) is 29.8 Å². The van der Waals surface area contributed by atoms with Crippen LogP contribution in [0.2, 0.25) is 0 Å². The zero-order chi connectivity index (χ0) is 14.3. The second kappa shape index (κ2) is 4.40. The van der Waals surface area contributed by atoms with E-state index in [1.54, 1.807) is 14.2 Å². The van der Waals surface area contributed by atoms with Gasteiger partial charge in [-0.25, -0.2) is 4.98 Å². The molecule has 0 saturated heterocycles. The van der Waals surface area contributed by atoms with Gasteiger partial charge in [0.05, 0.1) is 19.8 Å². The Bertz CT molecular complexity index is 704. The van der Waals surface area contributed by atoms with Crippen molar-refractivity contribution in [1.29, 1.82) is 0 Å². The van der Waals surface area contributed by atoms with Crippen molar-refractivity contribution >= 4 is 17.0 Å². The molecule has 2 aromatic rings.